The average molecular weight is 201 g/mol. The summed E-state index contributed by atoms with van der Waals surface area (Å²) in [6, 6.07) is 1.46. The highest BCUT2D eigenvalue weighted by molar-refractivity contribution is 7.85. The summed E-state index contributed by atoms with van der Waals surface area (Å²) in [4.78, 5) is 0. The molecule has 0 amide bonds. The monoisotopic (exact) mass is 201 g/mol. The third kappa shape index (κ3) is 2.53. The summed E-state index contributed by atoms with van der Waals surface area (Å²) in [5.74, 6) is 2.77. The summed E-state index contributed by atoms with van der Waals surface area (Å²) in [5.41, 5.74) is 0. The number of rotatable bonds is 3. The molecule has 1 aliphatic carbocycles. The fraction of sp³-hybridized carbons (Fsp3) is 1.00. The fourth-order valence-corrected chi connectivity index (χ4v) is 3.47. The predicted octanol–water partition coefficient (Wildman–Crippen LogP) is 1.29. The Hall–Kier alpha value is 0.110. The Labute approximate surface area is 82.9 Å². The van der Waals surface area contributed by atoms with Gasteiger partial charge in [-0.15, -0.1) is 0 Å². The van der Waals surface area contributed by atoms with Crippen molar-refractivity contribution in [3.8, 4) is 0 Å². The summed E-state index contributed by atoms with van der Waals surface area (Å²) in [5, 5.41) is 3.68. The molecule has 76 valence electrons. The molecule has 2 unspecified atom stereocenters. The van der Waals surface area contributed by atoms with Crippen LogP contribution in [-0.4, -0.2) is 27.8 Å². The number of nitrogens with one attached hydrogen (secondary N) is 1. The van der Waals surface area contributed by atoms with Gasteiger partial charge >= 0.3 is 0 Å². The van der Waals surface area contributed by atoms with E-state index in [1.807, 2.05) is 0 Å². The summed E-state index contributed by atoms with van der Waals surface area (Å²) >= 11 is 0. The zero-order valence-corrected chi connectivity index (χ0v) is 9.11. The van der Waals surface area contributed by atoms with Gasteiger partial charge in [-0.05, 0) is 25.2 Å². The van der Waals surface area contributed by atoms with Crippen molar-refractivity contribution >= 4 is 10.8 Å². The Balaban J connectivity index is 1.68. The molecular weight excluding hydrogens is 182 g/mol. The maximum atomic E-state index is 11.1. The molecule has 13 heavy (non-hydrogen) atoms. The van der Waals surface area contributed by atoms with Crippen LogP contribution < -0.4 is 5.32 Å². The summed E-state index contributed by atoms with van der Waals surface area (Å²) in [6.45, 7) is 2.27. The van der Waals surface area contributed by atoms with Crippen LogP contribution in [0.4, 0.5) is 0 Å². The molecule has 0 spiro atoms. The van der Waals surface area contributed by atoms with E-state index in [9.17, 15) is 4.21 Å². The third-order valence-electron chi connectivity index (χ3n) is 3.28. The van der Waals surface area contributed by atoms with Gasteiger partial charge in [0.25, 0.3) is 0 Å². The molecule has 1 N–H and O–H groups in total. The van der Waals surface area contributed by atoms with E-state index in [2.05, 4.69) is 12.2 Å². The SMILES string of the molecule is CCC1CC1NC1CCS(=O)CC1. The van der Waals surface area contributed by atoms with Crippen molar-refractivity contribution in [3.05, 3.63) is 0 Å². The van der Waals surface area contributed by atoms with Crippen LogP contribution in [0.15, 0.2) is 0 Å². The molecule has 2 aliphatic rings. The van der Waals surface area contributed by atoms with Crippen LogP contribution in [0.5, 0.6) is 0 Å². The van der Waals surface area contributed by atoms with Gasteiger partial charge in [-0.1, -0.05) is 13.3 Å². The Bertz CT molecular complexity index is 197. The first-order chi connectivity index (χ1) is 6.29. The lowest BCUT2D eigenvalue weighted by atomic mass is 10.1. The maximum absolute atomic E-state index is 11.1. The van der Waals surface area contributed by atoms with Crippen LogP contribution in [0.25, 0.3) is 0 Å². The molecular formula is C10H19NOS. The minimum absolute atomic E-state index is 0.506. The standard InChI is InChI=1S/C10H19NOS/c1-2-8-7-10(8)11-9-3-5-13(12)6-4-9/h8-11H,2-7H2,1H3. The highest BCUT2D eigenvalue weighted by atomic mass is 32.2. The smallest absolute Gasteiger partial charge is 0.0249 e. The Morgan fingerprint density at radius 1 is 1.38 bits per heavy atom. The molecule has 0 aromatic heterocycles. The third-order valence-corrected chi connectivity index (χ3v) is 4.67. The van der Waals surface area contributed by atoms with Gasteiger partial charge in [0.1, 0.15) is 0 Å². The van der Waals surface area contributed by atoms with Gasteiger partial charge < -0.3 is 5.32 Å². The summed E-state index contributed by atoms with van der Waals surface area (Å²) in [6.07, 6.45) is 4.94. The molecule has 1 aliphatic heterocycles. The molecule has 0 bridgehead atoms. The lowest BCUT2D eigenvalue weighted by molar-refractivity contribution is 0.458. The first-order valence-corrected chi connectivity index (χ1v) is 6.89. The predicted molar refractivity (Wildman–Crippen MR) is 56.2 cm³/mol. The molecule has 1 saturated heterocycles. The van der Waals surface area contributed by atoms with Gasteiger partial charge in [-0.3, -0.25) is 4.21 Å². The molecule has 0 radical (unpaired) electrons. The van der Waals surface area contributed by atoms with E-state index in [1.54, 1.807) is 0 Å². The molecule has 2 rings (SSSR count). The molecule has 0 aromatic rings. The van der Waals surface area contributed by atoms with E-state index < -0.39 is 10.8 Å². The highest BCUT2D eigenvalue weighted by Crippen LogP contribution is 2.34. The van der Waals surface area contributed by atoms with Crippen molar-refractivity contribution in [1.29, 1.82) is 0 Å². The van der Waals surface area contributed by atoms with Crippen LogP contribution in [0.1, 0.15) is 32.6 Å². The molecule has 3 heteroatoms. The number of hydrogen-bond donors (Lipinski definition) is 1. The fourth-order valence-electron chi connectivity index (χ4n) is 2.17. The van der Waals surface area contributed by atoms with Crippen molar-refractivity contribution < 1.29 is 4.21 Å². The second-order valence-corrected chi connectivity index (χ2v) is 6.00. The Morgan fingerprint density at radius 2 is 2.08 bits per heavy atom. The second kappa shape index (κ2) is 4.09. The van der Waals surface area contributed by atoms with Gasteiger partial charge in [-0.25, -0.2) is 0 Å². The van der Waals surface area contributed by atoms with E-state index >= 15 is 0 Å². The second-order valence-electron chi connectivity index (χ2n) is 4.30. The molecule has 2 nitrogen and oxygen atoms in total. The van der Waals surface area contributed by atoms with Crippen molar-refractivity contribution in [3.63, 3.8) is 0 Å². The lowest BCUT2D eigenvalue weighted by Gasteiger charge is -2.22. The van der Waals surface area contributed by atoms with E-state index in [0.717, 1.165) is 36.3 Å². The van der Waals surface area contributed by atoms with Gasteiger partial charge in [0.2, 0.25) is 0 Å². The quantitative estimate of drug-likeness (QED) is 0.745. The molecule has 0 aromatic carbocycles. The van der Waals surface area contributed by atoms with Crippen LogP contribution >= 0.6 is 0 Å². The van der Waals surface area contributed by atoms with Crippen molar-refractivity contribution in [2.75, 3.05) is 11.5 Å². The van der Waals surface area contributed by atoms with Crippen molar-refractivity contribution in [2.24, 2.45) is 5.92 Å². The van der Waals surface area contributed by atoms with Gasteiger partial charge in [-0.2, -0.15) is 0 Å². The van der Waals surface area contributed by atoms with Crippen LogP contribution in [0.3, 0.4) is 0 Å². The van der Waals surface area contributed by atoms with Crippen LogP contribution in [-0.2, 0) is 10.8 Å². The molecule has 2 fully saturated rings. The topological polar surface area (TPSA) is 29.1 Å². The first-order valence-electron chi connectivity index (χ1n) is 5.40. The molecule has 2 atom stereocenters. The van der Waals surface area contributed by atoms with E-state index in [1.165, 1.54) is 12.8 Å². The minimum Gasteiger partial charge on any atom is -0.311 e. The highest BCUT2D eigenvalue weighted by Gasteiger charge is 2.36. The first kappa shape index (κ1) is 9.66. The van der Waals surface area contributed by atoms with Gasteiger partial charge in [0.15, 0.2) is 0 Å². The van der Waals surface area contributed by atoms with E-state index in [0.29, 0.717) is 6.04 Å². The minimum atomic E-state index is -0.506. The zero-order valence-electron chi connectivity index (χ0n) is 8.29. The molecule has 1 saturated carbocycles. The summed E-state index contributed by atoms with van der Waals surface area (Å²) < 4.78 is 11.1. The van der Waals surface area contributed by atoms with E-state index in [4.69, 9.17) is 0 Å². The largest absolute Gasteiger partial charge is 0.311 e. The summed E-state index contributed by atoms with van der Waals surface area (Å²) in [7, 11) is -0.506. The van der Waals surface area contributed by atoms with Crippen LogP contribution in [0, 0.1) is 5.92 Å². The average Bonchev–Trinajstić information content (AvgIpc) is 2.88. The number of hydrogen-bond acceptors (Lipinski definition) is 2. The lowest BCUT2D eigenvalue weighted by Crippen LogP contribution is -2.37. The molecule has 1 heterocycles. The van der Waals surface area contributed by atoms with Gasteiger partial charge in [0, 0.05) is 34.4 Å². The Morgan fingerprint density at radius 3 is 2.62 bits per heavy atom. The van der Waals surface area contributed by atoms with Crippen molar-refractivity contribution in [1.82, 2.24) is 5.32 Å². The van der Waals surface area contributed by atoms with E-state index in [-0.39, 0.29) is 0 Å². The van der Waals surface area contributed by atoms with Gasteiger partial charge in [0.05, 0.1) is 0 Å². The maximum Gasteiger partial charge on any atom is 0.0249 e. The normalized spacial score (nSPS) is 44.7. The van der Waals surface area contributed by atoms with Crippen LogP contribution in [0.2, 0.25) is 0 Å². The Kier molecular flexibility index (Phi) is 3.04. The van der Waals surface area contributed by atoms with Crippen molar-refractivity contribution in [2.45, 2.75) is 44.7 Å². The zero-order chi connectivity index (χ0) is 9.26.